The number of hydrogen-bond acceptors (Lipinski definition) is 3. The van der Waals surface area contributed by atoms with Gasteiger partial charge in [-0.3, -0.25) is 4.99 Å². The molecular formula is C18H18N6. The highest BCUT2D eigenvalue weighted by atomic mass is 15.1. The van der Waals surface area contributed by atoms with Crippen molar-refractivity contribution in [3.05, 3.63) is 69.4 Å². The van der Waals surface area contributed by atoms with Gasteiger partial charge in [-0.25, -0.2) is 4.98 Å². The van der Waals surface area contributed by atoms with Crippen molar-refractivity contribution in [1.29, 1.82) is 0 Å². The van der Waals surface area contributed by atoms with Crippen LogP contribution in [0.5, 0.6) is 0 Å². The Balaban J connectivity index is 2.04. The molecule has 0 aliphatic rings. The third-order valence-electron chi connectivity index (χ3n) is 3.96. The van der Waals surface area contributed by atoms with Crippen molar-refractivity contribution in [1.82, 2.24) is 9.55 Å². The van der Waals surface area contributed by atoms with Gasteiger partial charge in [0.2, 0.25) is 0 Å². The molecule has 1 aromatic heterocycles. The van der Waals surface area contributed by atoms with Crippen molar-refractivity contribution in [2.75, 3.05) is 0 Å². The van der Waals surface area contributed by atoms with E-state index in [0.717, 1.165) is 39.2 Å². The molecule has 6 nitrogen and oxygen atoms in total. The van der Waals surface area contributed by atoms with E-state index in [4.69, 9.17) is 5.53 Å². The summed E-state index contributed by atoms with van der Waals surface area (Å²) in [5.41, 5.74) is 14.5. The van der Waals surface area contributed by atoms with E-state index in [2.05, 4.69) is 26.1 Å². The molecule has 0 spiro atoms. The molecule has 0 bridgehead atoms. The van der Waals surface area contributed by atoms with Gasteiger partial charge in [-0.15, -0.1) is 0 Å². The van der Waals surface area contributed by atoms with Crippen molar-refractivity contribution >= 4 is 22.9 Å². The molecule has 0 aliphatic heterocycles. The Kier molecular flexibility index (Phi) is 4.31. The Morgan fingerprint density at radius 2 is 2.04 bits per heavy atom. The number of benzene rings is 2. The van der Waals surface area contributed by atoms with Gasteiger partial charge in [-0.1, -0.05) is 34.9 Å². The molecule has 2 aromatic carbocycles. The van der Waals surface area contributed by atoms with Gasteiger partial charge >= 0.3 is 0 Å². The maximum Gasteiger partial charge on any atom is 0.152 e. The quantitative estimate of drug-likeness (QED) is 0.296. The third-order valence-corrected chi connectivity index (χ3v) is 3.96. The summed E-state index contributed by atoms with van der Waals surface area (Å²) in [6.45, 7) is 4.31. The zero-order valence-corrected chi connectivity index (χ0v) is 13.9. The third kappa shape index (κ3) is 3.00. The summed E-state index contributed by atoms with van der Waals surface area (Å²) in [6.07, 6.45) is 1.76. The molecule has 0 unspecified atom stereocenters. The van der Waals surface area contributed by atoms with Gasteiger partial charge in [-0.05, 0) is 42.6 Å². The van der Waals surface area contributed by atoms with Crippen LogP contribution in [0.4, 0.5) is 5.69 Å². The molecule has 0 aliphatic carbocycles. The first kappa shape index (κ1) is 15.8. The number of rotatable bonds is 4. The van der Waals surface area contributed by atoms with Gasteiger partial charge < -0.3 is 4.57 Å². The average Bonchev–Trinajstić information content (AvgIpc) is 2.88. The minimum Gasteiger partial charge on any atom is -0.326 e. The highest BCUT2D eigenvalue weighted by Gasteiger charge is 2.08. The highest BCUT2D eigenvalue weighted by molar-refractivity contribution is 5.86. The molecule has 1 heterocycles. The highest BCUT2D eigenvalue weighted by Crippen LogP contribution is 2.27. The van der Waals surface area contributed by atoms with Crippen LogP contribution in [-0.4, -0.2) is 15.8 Å². The van der Waals surface area contributed by atoms with Crippen molar-refractivity contribution in [3.8, 4) is 0 Å². The van der Waals surface area contributed by atoms with E-state index >= 15 is 0 Å². The monoisotopic (exact) mass is 318 g/mol. The molecule has 0 fully saturated rings. The molecule has 24 heavy (non-hydrogen) atoms. The zero-order valence-electron chi connectivity index (χ0n) is 13.9. The minimum absolute atomic E-state index is 0.286. The van der Waals surface area contributed by atoms with Crippen molar-refractivity contribution < 1.29 is 0 Å². The Morgan fingerprint density at radius 3 is 2.79 bits per heavy atom. The topological polar surface area (TPSA) is 78.9 Å². The van der Waals surface area contributed by atoms with Crippen LogP contribution in [-0.2, 0) is 13.6 Å². The molecule has 0 radical (unpaired) electrons. The van der Waals surface area contributed by atoms with E-state index in [1.807, 2.05) is 55.8 Å². The molecule has 6 heteroatoms. The van der Waals surface area contributed by atoms with Crippen molar-refractivity contribution in [2.24, 2.45) is 17.2 Å². The second-order valence-corrected chi connectivity index (χ2v) is 5.75. The number of fused-ring (bicyclic) bond motifs is 1. The predicted octanol–water partition coefficient (Wildman–Crippen LogP) is 4.75. The number of nitrogens with zero attached hydrogens (tertiary/aromatic N) is 6. The number of para-hydroxylation sites is 2. The lowest BCUT2D eigenvalue weighted by molar-refractivity contribution is 0.934. The molecule has 0 N–H and O–H groups in total. The van der Waals surface area contributed by atoms with Crippen LogP contribution < -0.4 is 0 Å². The van der Waals surface area contributed by atoms with Gasteiger partial charge in [0, 0.05) is 12.0 Å². The van der Waals surface area contributed by atoms with Gasteiger partial charge in [-0.2, -0.15) is 0 Å². The first-order chi connectivity index (χ1) is 11.6. The van der Waals surface area contributed by atoms with Crippen LogP contribution in [0.1, 0.15) is 22.5 Å². The summed E-state index contributed by atoms with van der Waals surface area (Å²) in [6, 6.07) is 12.1. The number of azide groups is 1. The molecule has 3 aromatic rings. The summed E-state index contributed by atoms with van der Waals surface area (Å²) < 4.78 is 2.01. The molecular weight excluding hydrogens is 300 g/mol. The number of aliphatic imine (C=N–C) groups is 1. The Labute approximate surface area is 140 Å². The summed E-state index contributed by atoms with van der Waals surface area (Å²) in [4.78, 5) is 12.1. The van der Waals surface area contributed by atoms with Gasteiger partial charge in [0.25, 0.3) is 0 Å². The first-order valence-electron chi connectivity index (χ1n) is 7.66. The van der Waals surface area contributed by atoms with Crippen LogP contribution in [0.2, 0.25) is 0 Å². The van der Waals surface area contributed by atoms with Crippen LogP contribution in [0.3, 0.4) is 0 Å². The summed E-state index contributed by atoms with van der Waals surface area (Å²) in [5, 5.41) is 3.68. The number of hydrogen-bond donors (Lipinski definition) is 0. The Bertz CT molecular complexity index is 977. The van der Waals surface area contributed by atoms with Crippen LogP contribution in [0, 0.1) is 13.8 Å². The lowest BCUT2D eigenvalue weighted by atomic mass is 10.0. The van der Waals surface area contributed by atoms with Gasteiger partial charge in [0.15, 0.2) is 5.82 Å². The minimum atomic E-state index is 0.286. The van der Waals surface area contributed by atoms with Crippen LogP contribution in [0.15, 0.2) is 46.5 Å². The van der Waals surface area contributed by atoms with E-state index in [-0.39, 0.29) is 6.54 Å². The fourth-order valence-electron chi connectivity index (χ4n) is 2.86. The molecule has 0 amide bonds. The lowest BCUT2D eigenvalue weighted by Crippen LogP contribution is -1.96. The molecule has 3 rings (SSSR count). The molecule has 0 saturated heterocycles. The summed E-state index contributed by atoms with van der Waals surface area (Å²) >= 11 is 0. The van der Waals surface area contributed by atoms with E-state index in [1.54, 1.807) is 6.21 Å². The standard InChI is InChI=1S/C18H18N6/c1-12-8-13(2)18(14(9-12)10-21-23-19)20-11-17-22-15-6-4-5-7-16(15)24(17)3/h4-9,11H,10H2,1-3H3. The van der Waals surface area contributed by atoms with E-state index in [9.17, 15) is 0 Å². The van der Waals surface area contributed by atoms with Crippen LogP contribution >= 0.6 is 0 Å². The number of aromatic nitrogens is 2. The largest absolute Gasteiger partial charge is 0.326 e. The Hall–Kier alpha value is -3.11. The predicted molar refractivity (Wildman–Crippen MR) is 96.7 cm³/mol. The second kappa shape index (κ2) is 6.56. The molecule has 0 saturated carbocycles. The summed E-state index contributed by atoms with van der Waals surface area (Å²) in [7, 11) is 1.97. The Morgan fingerprint density at radius 1 is 1.25 bits per heavy atom. The fourth-order valence-corrected chi connectivity index (χ4v) is 2.86. The van der Waals surface area contributed by atoms with Crippen LogP contribution in [0.25, 0.3) is 21.5 Å². The summed E-state index contributed by atoms with van der Waals surface area (Å²) in [5.74, 6) is 0.783. The number of imidazole rings is 1. The number of aryl methyl sites for hydroxylation is 3. The van der Waals surface area contributed by atoms with Gasteiger partial charge in [0.1, 0.15) is 0 Å². The fraction of sp³-hybridized carbons (Fsp3) is 0.222. The second-order valence-electron chi connectivity index (χ2n) is 5.75. The maximum absolute atomic E-state index is 8.59. The van der Waals surface area contributed by atoms with Gasteiger partial charge in [0.05, 0.1) is 29.5 Å². The van der Waals surface area contributed by atoms with E-state index in [1.165, 1.54) is 0 Å². The maximum atomic E-state index is 8.59. The molecule has 120 valence electrons. The van der Waals surface area contributed by atoms with E-state index in [0.29, 0.717) is 0 Å². The average molecular weight is 318 g/mol. The normalized spacial score (nSPS) is 11.1. The van der Waals surface area contributed by atoms with E-state index < -0.39 is 0 Å². The molecule has 0 atom stereocenters. The van der Waals surface area contributed by atoms with Crippen molar-refractivity contribution in [2.45, 2.75) is 20.4 Å². The SMILES string of the molecule is Cc1cc(C)c(N=Cc2nc3ccccc3n2C)c(CN=[N+]=[N-])c1. The van der Waals surface area contributed by atoms with Crippen molar-refractivity contribution in [3.63, 3.8) is 0 Å². The zero-order chi connectivity index (χ0) is 17.1. The smallest absolute Gasteiger partial charge is 0.152 e. The lowest BCUT2D eigenvalue weighted by Gasteiger charge is -2.08. The first-order valence-corrected chi connectivity index (χ1v) is 7.66.